The van der Waals surface area contributed by atoms with Crippen LogP contribution in [0.4, 0.5) is 0 Å². The third kappa shape index (κ3) is 4.10. The van der Waals surface area contributed by atoms with E-state index in [1.807, 2.05) is 6.92 Å². The number of unbranched alkanes of at least 4 members (excludes halogenated alkanes) is 1. The van der Waals surface area contributed by atoms with E-state index in [1.54, 1.807) is 19.1 Å². The molecule has 0 aliphatic carbocycles. The summed E-state index contributed by atoms with van der Waals surface area (Å²) in [6.45, 7) is 5.94. The molecule has 0 aliphatic heterocycles. The molecule has 94 valence electrons. The molecule has 3 heteroatoms. The first-order valence-corrected chi connectivity index (χ1v) is 6.15. The molecule has 1 aromatic rings. The standard InChI is InChI=1S/C14H21NO2/c1-4-5-6-11(3)15-14(17)12-8-7-10(2)13(16)9-12/h7-9,11,16H,4-6H2,1-3H3,(H,15,17). The molecule has 0 spiro atoms. The molecule has 1 unspecified atom stereocenters. The summed E-state index contributed by atoms with van der Waals surface area (Å²) >= 11 is 0. The highest BCUT2D eigenvalue weighted by molar-refractivity contribution is 5.94. The van der Waals surface area contributed by atoms with E-state index in [1.165, 1.54) is 6.07 Å². The van der Waals surface area contributed by atoms with Crippen molar-refractivity contribution in [2.24, 2.45) is 0 Å². The van der Waals surface area contributed by atoms with Gasteiger partial charge in [0.25, 0.3) is 5.91 Å². The lowest BCUT2D eigenvalue weighted by atomic mass is 10.1. The number of rotatable bonds is 5. The molecule has 17 heavy (non-hydrogen) atoms. The van der Waals surface area contributed by atoms with Crippen LogP contribution in [-0.4, -0.2) is 17.1 Å². The minimum absolute atomic E-state index is 0.121. The maximum Gasteiger partial charge on any atom is 0.251 e. The first kappa shape index (κ1) is 13.6. The van der Waals surface area contributed by atoms with Crippen molar-refractivity contribution in [3.8, 4) is 5.75 Å². The Labute approximate surface area is 103 Å². The first-order valence-electron chi connectivity index (χ1n) is 6.15. The van der Waals surface area contributed by atoms with Crippen LogP contribution in [0.2, 0.25) is 0 Å². The van der Waals surface area contributed by atoms with E-state index in [-0.39, 0.29) is 17.7 Å². The van der Waals surface area contributed by atoms with Gasteiger partial charge in [0.15, 0.2) is 0 Å². The maximum absolute atomic E-state index is 11.9. The van der Waals surface area contributed by atoms with E-state index in [4.69, 9.17) is 0 Å². The Morgan fingerprint density at radius 1 is 1.47 bits per heavy atom. The zero-order chi connectivity index (χ0) is 12.8. The molecule has 1 rings (SSSR count). The second-order valence-electron chi connectivity index (χ2n) is 4.52. The minimum Gasteiger partial charge on any atom is -0.508 e. The normalized spacial score (nSPS) is 12.2. The summed E-state index contributed by atoms with van der Waals surface area (Å²) in [5, 5.41) is 12.5. The SMILES string of the molecule is CCCCC(C)NC(=O)c1ccc(C)c(O)c1. The number of nitrogens with one attached hydrogen (secondary N) is 1. The Morgan fingerprint density at radius 2 is 2.18 bits per heavy atom. The van der Waals surface area contributed by atoms with Gasteiger partial charge in [-0.2, -0.15) is 0 Å². The number of phenolic OH excluding ortho intramolecular Hbond substituents is 1. The van der Waals surface area contributed by atoms with E-state index in [9.17, 15) is 9.90 Å². The number of amides is 1. The molecule has 1 aromatic carbocycles. The van der Waals surface area contributed by atoms with Crippen LogP contribution in [-0.2, 0) is 0 Å². The second-order valence-corrected chi connectivity index (χ2v) is 4.52. The number of hydrogen-bond donors (Lipinski definition) is 2. The number of benzene rings is 1. The molecule has 0 fully saturated rings. The van der Waals surface area contributed by atoms with Gasteiger partial charge in [0.1, 0.15) is 5.75 Å². The largest absolute Gasteiger partial charge is 0.508 e. The van der Waals surface area contributed by atoms with E-state index in [0.717, 1.165) is 24.8 Å². The first-order chi connectivity index (χ1) is 8.04. The van der Waals surface area contributed by atoms with Gasteiger partial charge in [0.05, 0.1) is 0 Å². The number of hydrogen-bond acceptors (Lipinski definition) is 2. The van der Waals surface area contributed by atoms with E-state index < -0.39 is 0 Å². The molecule has 3 nitrogen and oxygen atoms in total. The Bertz CT molecular complexity index is 388. The maximum atomic E-state index is 11.9. The Kier molecular flexibility index (Phi) is 5.01. The zero-order valence-corrected chi connectivity index (χ0v) is 10.8. The van der Waals surface area contributed by atoms with Crippen molar-refractivity contribution >= 4 is 5.91 Å². The third-order valence-electron chi connectivity index (χ3n) is 2.84. The topological polar surface area (TPSA) is 49.3 Å². The highest BCUT2D eigenvalue weighted by Crippen LogP contribution is 2.17. The molecule has 0 aliphatic rings. The van der Waals surface area contributed by atoms with Crippen LogP contribution >= 0.6 is 0 Å². The van der Waals surface area contributed by atoms with Crippen molar-refractivity contribution in [2.75, 3.05) is 0 Å². The molecule has 0 saturated heterocycles. The number of phenols is 1. The average molecular weight is 235 g/mol. The summed E-state index contributed by atoms with van der Waals surface area (Å²) in [4.78, 5) is 11.9. The van der Waals surface area contributed by atoms with Crippen LogP contribution < -0.4 is 5.32 Å². The summed E-state index contributed by atoms with van der Waals surface area (Å²) in [5.74, 6) is 0.0442. The Balaban J connectivity index is 2.60. The minimum atomic E-state index is -0.121. The second kappa shape index (κ2) is 6.28. The van der Waals surface area contributed by atoms with Crippen molar-refractivity contribution in [1.29, 1.82) is 0 Å². The van der Waals surface area contributed by atoms with Crippen LogP contribution in [0.25, 0.3) is 0 Å². The number of carbonyl (C=O) groups excluding carboxylic acids is 1. The van der Waals surface area contributed by atoms with Crippen molar-refractivity contribution in [1.82, 2.24) is 5.32 Å². The monoisotopic (exact) mass is 235 g/mol. The fraction of sp³-hybridized carbons (Fsp3) is 0.500. The molecule has 0 heterocycles. The lowest BCUT2D eigenvalue weighted by Gasteiger charge is -2.13. The fourth-order valence-corrected chi connectivity index (χ4v) is 1.64. The summed E-state index contributed by atoms with van der Waals surface area (Å²) in [6.07, 6.45) is 3.23. The molecular formula is C14H21NO2. The van der Waals surface area contributed by atoms with Gasteiger partial charge in [-0.05, 0) is 38.0 Å². The number of aryl methyl sites for hydroxylation is 1. The van der Waals surface area contributed by atoms with Crippen molar-refractivity contribution in [3.05, 3.63) is 29.3 Å². The van der Waals surface area contributed by atoms with E-state index >= 15 is 0 Å². The van der Waals surface area contributed by atoms with E-state index in [0.29, 0.717) is 5.56 Å². The van der Waals surface area contributed by atoms with Crippen LogP contribution in [0.15, 0.2) is 18.2 Å². The number of carbonyl (C=O) groups is 1. The predicted molar refractivity (Wildman–Crippen MR) is 69.3 cm³/mol. The highest BCUT2D eigenvalue weighted by Gasteiger charge is 2.10. The smallest absolute Gasteiger partial charge is 0.251 e. The van der Waals surface area contributed by atoms with Crippen LogP contribution in [0, 0.1) is 6.92 Å². The van der Waals surface area contributed by atoms with Crippen LogP contribution in [0.5, 0.6) is 5.75 Å². The zero-order valence-electron chi connectivity index (χ0n) is 10.8. The summed E-state index contributed by atoms with van der Waals surface area (Å²) in [7, 11) is 0. The molecule has 2 N–H and O–H groups in total. The van der Waals surface area contributed by atoms with Crippen LogP contribution in [0.1, 0.15) is 49.0 Å². The van der Waals surface area contributed by atoms with Gasteiger partial charge in [-0.3, -0.25) is 4.79 Å². The Morgan fingerprint density at radius 3 is 2.76 bits per heavy atom. The average Bonchev–Trinajstić information content (AvgIpc) is 2.30. The van der Waals surface area contributed by atoms with Gasteiger partial charge in [0, 0.05) is 11.6 Å². The molecule has 0 saturated carbocycles. The van der Waals surface area contributed by atoms with Crippen molar-refractivity contribution < 1.29 is 9.90 Å². The Hall–Kier alpha value is -1.51. The number of aromatic hydroxyl groups is 1. The van der Waals surface area contributed by atoms with Crippen molar-refractivity contribution in [2.45, 2.75) is 46.1 Å². The molecule has 0 aromatic heterocycles. The fourth-order valence-electron chi connectivity index (χ4n) is 1.64. The lowest BCUT2D eigenvalue weighted by molar-refractivity contribution is 0.0937. The quantitative estimate of drug-likeness (QED) is 0.824. The van der Waals surface area contributed by atoms with Gasteiger partial charge in [0.2, 0.25) is 0 Å². The summed E-state index contributed by atoms with van der Waals surface area (Å²) in [6, 6.07) is 5.17. The lowest BCUT2D eigenvalue weighted by Crippen LogP contribution is -2.32. The van der Waals surface area contributed by atoms with Gasteiger partial charge >= 0.3 is 0 Å². The third-order valence-corrected chi connectivity index (χ3v) is 2.84. The highest BCUT2D eigenvalue weighted by atomic mass is 16.3. The molecule has 0 bridgehead atoms. The van der Waals surface area contributed by atoms with Gasteiger partial charge < -0.3 is 10.4 Å². The van der Waals surface area contributed by atoms with Gasteiger partial charge in [-0.25, -0.2) is 0 Å². The molecule has 1 atom stereocenters. The predicted octanol–water partition coefficient (Wildman–Crippen LogP) is 3.01. The summed E-state index contributed by atoms with van der Waals surface area (Å²) < 4.78 is 0. The van der Waals surface area contributed by atoms with Crippen molar-refractivity contribution in [3.63, 3.8) is 0 Å². The van der Waals surface area contributed by atoms with E-state index in [2.05, 4.69) is 12.2 Å². The summed E-state index contributed by atoms with van der Waals surface area (Å²) in [5.41, 5.74) is 1.29. The molecule has 0 radical (unpaired) electrons. The molecule has 1 amide bonds. The molecular weight excluding hydrogens is 214 g/mol. The van der Waals surface area contributed by atoms with Gasteiger partial charge in [-0.1, -0.05) is 25.8 Å². The van der Waals surface area contributed by atoms with Gasteiger partial charge in [-0.15, -0.1) is 0 Å². The van der Waals surface area contributed by atoms with Crippen LogP contribution in [0.3, 0.4) is 0 Å².